The van der Waals surface area contributed by atoms with Gasteiger partial charge in [0.2, 0.25) is 5.91 Å². The van der Waals surface area contributed by atoms with Crippen LogP contribution in [0.3, 0.4) is 0 Å². The monoisotopic (exact) mass is 358 g/mol. The van der Waals surface area contributed by atoms with Crippen LogP contribution < -0.4 is 0 Å². The van der Waals surface area contributed by atoms with Crippen molar-refractivity contribution in [2.24, 2.45) is 5.41 Å². The van der Waals surface area contributed by atoms with Gasteiger partial charge in [0.25, 0.3) is 0 Å². The molecule has 3 aliphatic heterocycles. The summed E-state index contributed by atoms with van der Waals surface area (Å²) in [6.45, 7) is 6.25. The Morgan fingerprint density at radius 3 is 2.62 bits per heavy atom. The second-order valence-corrected chi connectivity index (χ2v) is 7.90. The quantitative estimate of drug-likeness (QED) is 0.783. The first-order chi connectivity index (χ1) is 12.8. The van der Waals surface area contributed by atoms with Gasteiger partial charge in [0.05, 0.1) is 18.6 Å². The van der Waals surface area contributed by atoms with Crippen molar-refractivity contribution in [3.05, 3.63) is 35.9 Å². The Labute approximate surface area is 156 Å². The molecule has 4 rings (SSSR count). The number of carbonyl (C=O) groups is 1. The van der Waals surface area contributed by atoms with Gasteiger partial charge in [-0.1, -0.05) is 30.3 Å². The van der Waals surface area contributed by atoms with Crippen molar-refractivity contribution in [3.63, 3.8) is 0 Å². The lowest BCUT2D eigenvalue weighted by atomic mass is 9.85. The standard InChI is InChI=1S/C21H30N2O3/c24-20-21(10-14-23(20)12-7-18-5-2-1-3-6-18)9-13-22(17-21)11-8-19-25-15-4-16-26-19/h1-3,5-6,19H,4,7-17H2. The first-order valence-corrected chi connectivity index (χ1v) is 10.0. The fourth-order valence-corrected chi connectivity index (χ4v) is 4.53. The van der Waals surface area contributed by atoms with Crippen molar-refractivity contribution >= 4 is 5.91 Å². The largest absolute Gasteiger partial charge is 0.353 e. The number of likely N-dealkylation sites (tertiary alicyclic amines) is 2. The Morgan fingerprint density at radius 2 is 1.81 bits per heavy atom. The fourth-order valence-electron chi connectivity index (χ4n) is 4.53. The van der Waals surface area contributed by atoms with Crippen LogP contribution in [0, 0.1) is 5.41 Å². The second-order valence-electron chi connectivity index (χ2n) is 7.90. The van der Waals surface area contributed by atoms with E-state index in [0.717, 1.165) is 78.0 Å². The lowest BCUT2D eigenvalue weighted by Crippen LogP contribution is -2.38. The minimum atomic E-state index is -0.134. The molecule has 0 aromatic heterocycles. The first kappa shape index (κ1) is 18.0. The smallest absolute Gasteiger partial charge is 0.230 e. The SMILES string of the molecule is O=C1N(CCc2ccccc2)CCC12CCN(CCC1OCCCO1)C2. The molecule has 1 unspecified atom stereocenters. The van der Waals surface area contributed by atoms with Crippen LogP contribution in [-0.2, 0) is 20.7 Å². The van der Waals surface area contributed by atoms with Crippen LogP contribution in [0.5, 0.6) is 0 Å². The summed E-state index contributed by atoms with van der Waals surface area (Å²) in [5, 5.41) is 0. The molecule has 3 saturated heterocycles. The van der Waals surface area contributed by atoms with Gasteiger partial charge in [-0.05, 0) is 37.8 Å². The average molecular weight is 358 g/mol. The van der Waals surface area contributed by atoms with E-state index in [9.17, 15) is 4.79 Å². The highest BCUT2D eigenvalue weighted by Crippen LogP contribution is 2.40. The van der Waals surface area contributed by atoms with Gasteiger partial charge in [-0.15, -0.1) is 0 Å². The highest BCUT2D eigenvalue weighted by Gasteiger charge is 2.50. The molecule has 5 nitrogen and oxygen atoms in total. The molecule has 1 aromatic rings. The molecular formula is C21H30N2O3. The zero-order valence-corrected chi connectivity index (χ0v) is 15.6. The van der Waals surface area contributed by atoms with Gasteiger partial charge in [-0.3, -0.25) is 4.79 Å². The highest BCUT2D eigenvalue weighted by molar-refractivity contribution is 5.85. The summed E-state index contributed by atoms with van der Waals surface area (Å²) in [6, 6.07) is 10.5. The minimum Gasteiger partial charge on any atom is -0.353 e. The number of hydrogen-bond donors (Lipinski definition) is 0. The molecule has 26 heavy (non-hydrogen) atoms. The summed E-state index contributed by atoms with van der Waals surface area (Å²) in [5.41, 5.74) is 1.17. The maximum absolute atomic E-state index is 13.1. The van der Waals surface area contributed by atoms with E-state index >= 15 is 0 Å². The maximum Gasteiger partial charge on any atom is 0.230 e. The third-order valence-corrected chi connectivity index (χ3v) is 6.12. The lowest BCUT2D eigenvalue weighted by molar-refractivity contribution is -0.182. The Morgan fingerprint density at radius 1 is 1.04 bits per heavy atom. The average Bonchev–Trinajstić information content (AvgIpc) is 3.25. The molecule has 0 saturated carbocycles. The Balaban J connectivity index is 1.26. The summed E-state index contributed by atoms with van der Waals surface area (Å²) in [7, 11) is 0. The van der Waals surface area contributed by atoms with Gasteiger partial charge in [-0.25, -0.2) is 0 Å². The van der Waals surface area contributed by atoms with Crippen LogP contribution in [0.15, 0.2) is 30.3 Å². The third kappa shape index (κ3) is 3.95. The molecule has 142 valence electrons. The van der Waals surface area contributed by atoms with Crippen molar-refractivity contribution in [2.75, 3.05) is 45.9 Å². The molecule has 3 fully saturated rings. The summed E-state index contributed by atoms with van der Waals surface area (Å²) >= 11 is 0. The normalized spacial score (nSPS) is 27.7. The summed E-state index contributed by atoms with van der Waals surface area (Å²) in [6.07, 6.45) is 4.80. The molecule has 3 aliphatic rings. The second kappa shape index (κ2) is 8.07. The Hall–Kier alpha value is -1.43. The van der Waals surface area contributed by atoms with E-state index in [1.807, 2.05) is 6.07 Å². The van der Waals surface area contributed by atoms with Crippen molar-refractivity contribution in [2.45, 2.75) is 38.4 Å². The molecule has 3 heterocycles. The summed E-state index contributed by atoms with van der Waals surface area (Å²) in [5.74, 6) is 0.376. The van der Waals surface area contributed by atoms with Crippen molar-refractivity contribution in [1.29, 1.82) is 0 Å². The van der Waals surface area contributed by atoms with Crippen LogP contribution in [0.4, 0.5) is 0 Å². The number of rotatable bonds is 6. The zero-order chi connectivity index (χ0) is 17.8. The van der Waals surface area contributed by atoms with Gasteiger partial charge in [-0.2, -0.15) is 0 Å². The molecule has 0 N–H and O–H groups in total. The fraction of sp³-hybridized carbons (Fsp3) is 0.667. The number of amides is 1. The Kier molecular flexibility index (Phi) is 5.57. The van der Waals surface area contributed by atoms with E-state index < -0.39 is 0 Å². The predicted molar refractivity (Wildman–Crippen MR) is 99.8 cm³/mol. The van der Waals surface area contributed by atoms with Crippen molar-refractivity contribution in [3.8, 4) is 0 Å². The van der Waals surface area contributed by atoms with Crippen molar-refractivity contribution < 1.29 is 14.3 Å². The number of ether oxygens (including phenoxy) is 2. The van der Waals surface area contributed by atoms with Crippen LogP contribution in [0.25, 0.3) is 0 Å². The van der Waals surface area contributed by atoms with Crippen LogP contribution >= 0.6 is 0 Å². The first-order valence-electron chi connectivity index (χ1n) is 10.0. The number of carbonyl (C=O) groups excluding carboxylic acids is 1. The minimum absolute atomic E-state index is 0.0537. The van der Waals surface area contributed by atoms with E-state index in [1.54, 1.807) is 0 Å². The van der Waals surface area contributed by atoms with Crippen LogP contribution in [0.1, 0.15) is 31.2 Å². The van der Waals surface area contributed by atoms with Crippen LogP contribution in [0.2, 0.25) is 0 Å². The third-order valence-electron chi connectivity index (χ3n) is 6.12. The molecule has 1 spiro atoms. The van der Waals surface area contributed by atoms with E-state index in [2.05, 4.69) is 34.1 Å². The highest BCUT2D eigenvalue weighted by atomic mass is 16.7. The number of hydrogen-bond acceptors (Lipinski definition) is 4. The van der Waals surface area contributed by atoms with Gasteiger partial charge < -0.3 is 19.3 Å². The zero-order valence-electron chi connectivity index (χ0n) is 15.6. The van der Waals surface area contributed by atoms with Gasteiger partial charge in [0, 0.05) is 32.6 Å². The van der Waals surface area contributed by atoms with Gasteiger partial charge in [0.15, 0.2) is 6.29 Å². The van der Waals surface area contributed by atoms with Crippen LogP contribution in [-0.4, -0.2) is 67.9 Å². The lowest BCUT2D eigenvalue weighted by Gasteiger charge is -2.26. The van der Waals surface area contributed by atoms with Crippen molar-refractivity contribution in [1.82, 2.24) is 9.80 Å². The summed E-state index contributed by atoms with van der Waals surface area (Å²) < 4.78 is 11.3. The van der Waals surface area contributed by atoms with Gasteiger partial charge in [0.1, 0.15) is 0 Å². The molecule has 0 bridgehead atoms. The molecule has 1 amide bonds. The molecule has 0 radical (unpaired) electrons. The summed E-state index contributed by atoms with van der Waals surface area (Å²) in [4.78, 5) is 17.6. The topological polar surface area (TPSA) is 42.0 Å². The molecule has 1 aromatic carbocycles. The maximum atomic E-state index is 13.1. The molecular weight excluding hydrogens is 328 g/mol. The molecule has 5 heteroatoms. The van der Waals surface area contributed by atoms with E-state index in [1.165, 1.54) is 5.56 Å². The van der Waals surface area contributed by atoms with E-state index in [-0.39, 0.29) is 11.7 Å². The predicted octanol–water partition coefficient (Wildman–Crippen LogP) is 2.31. The molecule has 1 atom stereocenters. The molecule has 0 aliphatic carbocycles. The number of benzene rings is 1. The number of nitrogens with zero attached hydrogens (tertiary/aromatic N) is 2. The Bertz CT molecular complexity index is 603. The van der Waals surface area contributed by atoms with E-state index in [0.29, 0.717) is 5.91 Å². The van der Waals surface area contributed by atoms with Gasteiger partial charge >= 0.3 is 0 Å². The van der Waals surface area contributed by atoms with E-state index in [4.69, 9.17) is 9.47 Å².